The van der Waals surface area contributed by atoms with Gasteiger partial charge in [0.1, 0.15) is 11.6 Å². The molecule has 2 atom stereocenters. The lowest BCUT2D eigenvalue weighted by Crippen LogP contribution is -2.48. The van der Waals surface area contributed by atoms with E-state index in [0.29, 0.717) is 47.8 Å². The molecule has 1 aromatic heterocycles. The third-order valence-electron chi connectivity index (χ3n) is 7.71. The Morgan fingerprint density at radius 2 is 2.00 bits per heavy atom. The fourth-order valence-electron chi connectivity index (χ4n) is 5.11. The summed E-state index contributed by atoms with van der Waals surface area (Å²) in [6, 6.07) is 9.58. The van der Waals surface area contributed by atoms with Crippen LogP contribution in [0.3, 0.4) is 0 Å². The first kappa shape index (κ1) is 30.0. The van der Waals surface area contributed by atoms with Gasteiger partial charge in [0.2, 0.25) is 5.82 Å². The number of para-hydroxylation sites is 1. The van der Waals surface area contributed by atoms with Crippen molar-refractivity contribution in [3.63, 3.8) is 0 Å². The van der Waals surface area contributed by atoms with E-state index in [0.717, 1.165) is 45.1 Å². The van der Waals surface area contributed by atoms with Gasteiger partial charge in [-0.25, -0.2) is 9.97 Å². The number of anilines is 1. The second kappa shape index (κ2) is 14.1. The summed E-state index contributed by atoms with van der Waals surface area (Å²) in [4.78, 5) is 16.0. The Balaban J connectivity index is 1.39. The Kier molecular flexibility index (Phi) is 10.3. The molecule has 2 aliphatic rings. The first-order valence-corrected chi connectivity index (χ1v) is 14.2. The van der Waals surface area contributed by atoms with Crippen LogP contribution in [0.2, 0.25) is 0 Å². The monoisotopic (exact) mass is 558 g/mol. The summed E-state index contributed by atoms with van der Waals surface area (Å²) in [6.45, 7) is 17.9. The molecule has 41 heavy (non-hydrogen) atoms. The summed E-state index contributed by atoms with van der Waals surface area (Å²) in [7, 11) is 0. The second-order valence-electron chi connectivity index (χ2n) is 10.8. The van der Waals surface area contributed by atoms with E-state index in [9.17, 15) is 5.11 Å². The van der Waals surface area contributed by atoms with Crippen molar-refractivity contribution in [3.05, 3.63) is 60.2 Å². The lowest BCUT2D eigenvalue weighted by molar-refractivity contribution is -0.0176. The Bertz CT molecular complexity index is 1330. The van der Waals surface area contributed by atoms with Gasteiger partial charge in [-0.1, -0.05) is 38.5 Å². The summed E-state index contributed by atoms with van der Waals surface area (Å²) in [6.07, 6.45) is 2.67. The number of nitrogens with two attached hydrogens (primary N) is 1. The molecule has 2 aromatic rings. The smallest absolute Gasteiger partial charge is 0.206 e. The van der Waals surface area contributed by atoms with Crippen LogP contribution in [0.15, 0.2) is 59.0 Å². The minimum atomic E-state index is 0.152. The Morgan fingerprint density at radius 3 is 2.78 bits per heavy atom. The molecule has 2 fully saturated rings. The molecule has 2 saturated heterocycles. The number of rotatable bonds is 7. The van der Waals surface area contributed by atoms with Gasteiger partial charge in [0.25, 0.3) is 0 Å². The highest BCUT2D eigenvalue weighted by Gasteiger charge is 2.25. The molecule has 218 valence electrons. The number of benzene rings is 1. The third-order valence-corrected chi connectivity index (χ3v) is 7.71. The van der Waals surface area contributed by atoms with Gasteiger partial charge >= 0.3 is 0 Å². The largest absolute Gasteiger partial charge is 0.507 e. The fraction of sp³-hybridized carbons (Fsp3) is 0.484. The second-order valence-corrected chi connectivity index (χ2v) is 10.8. The maximum Gasteiger partial charge on any atom is 0.206 e. The zero-order chi connectivity index (χ0) is 29.4. The normalized spacial score (nSPS) is 20.9. The Hall–Kier alpha value is -3.94. The highest BCUT2D eigenvalue weighted by Crippen LogP contribution is 2.21. The van der Waals surface area contributed by atoms with E-state index in [1.807, 2.05) is 12.1 Å². The molecular formula is C31H42N8O2. The van der Waals surface area contributed by atoms with Crippen molar-refractivity contribution in [1.29, 1.82) is 0 Å². The first-order chi connectivity index (χ1) is 19.7. The van der Waals surface area contributed by atoms with Gasteiger partial charge in [0.15, 0.2) is 5.84 Å². The summed E-state index contributed by atoms with van der Waals surface area (Å²) >= 11 is 0. The molecule has 0 radical (unpaired) electrons. The number of amidine groups is 1. The molecule has 10 heteroatoms. The Labute approximate surface area is 243 Å². The van der Waals surface area contributed by atoms with Crippen molar-refractivity contribution >= 4 is 17.4 Å². The predicted octanol–water partition coefficient (Wildman–Crippen LogP) is 3.09. The van der Waals surface area contributed by atoms with Crippen LogP contribution in [0.4, 0.5) is 5.82 Å². The molecule has 0 spiro atoms. The molecule has 3 heterocycles. The van der Waals surface area contributed by atoms with Crippen LogP contribution in [-0.4, -0.2) is 94.4 Å². The van der Waals surface area contributed by atoms with Gasteiger partial charge < -0.3 is 25.4 Å². The highest BCUT2D eigenvalue weighted by atomic mass is 16.5. The van der Waals surface area contributed by atoms with E-state index >= 15 is 0 Å². The van der Waals surface area contributed by atoms with E-state index in [1.54, 1.807) is 31.3 Å². The standard InChI is InChI=1S/C31H42N8O2/c1-22(2)27-21-41-20-19-38(27)15-8-11-29-33-14-12-30(34-29)39-18-17-37(16-13-23(39)3)25(5)31(32)36-35-24(4)26-9-6-7-10-28(26)40/h6-7,9-10,12,14,22-23,27,40H,5,13,15-21H2,1-4H3,(H2,32,36)/b35-24+/t23-,27-/m0/s1. The number of hydrogen-bond donors (Lipinski definition) is 2. The van der Waals surface area contributed by atoms with E-state index in [-0.39, 0.29) is 17.6 Å². The lowest BCUT2D eigenvalue weighted by Gasteiger charge is -2.36. The summed E-state index contributed by atoms with van der Waals surface area (Å²) in [5.41, 5.74) is 8.08. The van der Waals surface area contributed by atoms with Gasteiger partial charge in [0, 0.05) is 50.0 Å². The molecule has 1 aromatic carbocycles. The van der Waals surface area contributed by atoms with Crippen LogP contribution in [0.1, 0.15) is 45.5 Å². The van der Waals surface area contributed by atoms with E-state index in [4.69, 9.17) is 15.5 Å². The zero-order valence-corrected chi connectivity index (χ0v) is 24.6. The number of aromatic nitrogens is 2. The van der Waals surface area contributed by atoms with Crippen LogP contribution in [0.5, 0.6) is 5.75 Å². The topological polar surface area (TPSA) is 116 Å². The Morgan fingerprint density at radius 1 is 1.20 bits per heavy atom. The highest BCUT2D eigenvalue weighted by molar-refractivity contribution is 6.02. The molecule has 0 saturated carbocycles. The number of ether oxygens (including phenoxy) is 1. The molecule has 0 aliphatic carbocycles. The fourth-order valence-corrected chi connectivity index (χ4v) is 5.11. The number of hydrogen-bond acceptors (Lipinski definition) is 9. The number of phenolic OH excluding ortho intramolecular Hbond substituents is 1. The van der Waals surface area contributed by atoms with Crippen LogP contribution in [0, 0.1) is 17.8 Å². The van der Waals surface area contributed by atoms with E-state index in [2.05, 4.69) is 69.1 Å². The zero-order valence-electron chi connectivity index (χ0n) is 24.6. The maximum absolute atomic E-state index is 10.1. The third kappa shape index (κ3) is 7.84. The quantitative estimate of drug-likeness (QED) is 0.231. The van der Waals surface area contributed by atoms with Crippen molar-refractivity contribution in [2.75, 3.05) is 50.8 Å². The number of nitrogens with zero attached hydrogens (tertiary/aromatic N) is 7. The van der Waals surface area contributed by atoms with Gasteiger partial charge in [-0.15, -0.1) is 5.10 Å². The van der Waals surface area contributed by atoms with Crippen LogP contribution >= 0.6 is 0 Å². The molecule has 2 aliphatic heterocycles. The number of phenols is 1. The molecule has 0 amide bonds. The van der Waals surface area contributed by atoms with Crippen LogP contribution < -0.4 is 10.6 Å². The van der Waals surface area contributed by atoms with Crippen molar-refractivity contribution < 1.29 is 9.84 Å². The van der Waals surface area contributed by atoms with E-state index < -0.39 is 0 Å². The first-order valence-electron chi connectivity index (χ1n) is 14.2. The van der Waals surface area contributed by atoms with Crippen molar-refractivity contribution in [3.8, 4) is 17.6 Å². The predicted molar refractivity (Wildman–Crippen MR) is 164 cm³/mol. The minimum absolute atomic E-state index is 0.152. The van der Waals surface area contributed by atoms with Crippen LogP contribution in [-0.2, 0) is 4.74 Å². The average molecular weight is 559 g/mol. The van der Waals surface area contributed by atoms with Gasteiger partial charge in [0.05, 0.1) is 31.2 Å². The lowest BCUT2D eigenvalue weighted by atomic mass is 10.0. The summed E-state index contributed by atoms with van der Waals surface area (Å²) < 4.78 is 5.66. The average Bonchev–Trinajstić information content (AvgIpc) is 3.17. The minimum Gasteiger partial charge on any atom is -0.507 e. The van der Waals surface area contributed by atoms with E-state index in [1.165, 1.54) is 0 Å². The molecule has 0 bridgehead atoms. The molecule has 3 N–H and O–H groups in total. The van der Waals surface area contributed by atoms with Crippen molar-refractivity contribution in [2.24, 2.45) is 21.9 Å². The molecule has 4 rings (SSSR count). The molecule has 10 nitrogen and oxygen atoms in total. The summed E-state index contributed by atoms with van der Waals surface area (Å²) in [5, 5.41) is 18.5. The van der Waals surface area contributed by atoms with Gasteiger partial charge in [-0.05, 0) is 50.3 Å². The number of morpholine rings is 1. The number of aromatic hydroxyl groups is 1. The van der Waals surface area contributed by atoms with Crippen molar-refractivity contribution in [1.82, 2.24) is 19.8 Å². The molecular weight excluding hydrogens is 516 g/mol. The molecule has 0 unspecified atom stereocenters. The summed E-state index contributed by atoms with van der Waals surface area (Å²) in [5.74, 6) is 8.77. The van der Waals surface area contributed by atoms with Gasteiger partial charge in [-0.2, -0.15) is 5.10 Å². The van der Waals surface area contributed by atoms with Gasteiger partial charge in [-0.3, -0.25) is 4.90 Å². The van der Waals surface area contributed by atoms with Crippen LogP contribution in [0.25, 0.3) is 0 Å². The maximum atomic E-state index is 10.1. The SMILES string of the molecule is C=C(/C(N)=N\N=C(/C)c1ccccc1O)N1CC[C@H](C)N(c2ccnc(C#CCN3CCOC[C@H]3C(C)C)n2)CC1. The van der Waals surface area contributed by atoms with Crippen molar-refractivity contribution in [2.45, 2.75) is 46.2 Å².